The van der Waals surface area contributed by atoms with Crippen molar-refractivity contribution in [2.75, 3.05) is 43.6 Å². The first-order valence-electron chi connectivity index (χ1n) is 38.4. The van der Waals surface area contributed by atoms with E-state index in [4.69, 9.17) is 4.42 Å². The number of rotatable bonds is 10. The fourth-order valence-corrected chi connectivity index (χ4v) is 14.9. The van der Waals surface area contributed by atoms with Gasteiger partial charge in [-0.1, -0.05) is 198 Å². The highest BCUT2D eigenvalue weighted by molar-refractivity contribution is 6.09. The molecule has 3 aromatic heterocycles. The molecule has 0 saturated carbocycles. The molecule has 0 bridgehead atoms. The molecule has 0 aliphatic carbocycles. The number of aromatic nitrogens is 4. The van der Waals surface area contributed by atoms with Gasteiger partial charge in [0.05, 0.1) is 23.0 Å². The first-order chi connectivity index (χ1) is 52.6. The van der Waals surface area contributed by atoms with Crippen LogP contribution in [0.4, 0.5) is 34.1 Å². The topological polar surface area (TPSA) is 56.7 Å². The lowest BCUT2D eigenvalue weighted by Gasteiger charge is -2.34. The van der Waals surface area contributed by atoms with E-state index in [1.54, 1.807) is 0 Å². The van der Waals surface area contributed by atoms with Crippen molar-refractivity contribution in [1.82, 2.24) is 19.3 Å². The largest absolute Gasteiger partial charge is 0.454 e. The molecule has 13 nitrogen and oxygen atoms in total. The predicted molar refractivity (Wildman–Crippen MR) is 459 cm³/mol. The van der Waals surface area contributed by atoms with E-state index in [9.17, 15) is 0 Å². The van der Waals surface area contributed by atoms with Gasteiger partial charge in [0.2, 0.25) is 6.20 Å². The Labute approximate surface area is 647 Å². The average Bonchev–Trinajstić information content (AvgIpc) is 1.63. The zero-order valence-corrected chi connectivity index (χ0v) is 67.1. The lowest BCUT2D eigenvalue weighted by atomic mass is 9.92. The molecule has 4 atom stereocenters. The van der Waals surface area contributed by atoms with Crippen LogP contribution in [0.2, 0.25) is 0 Å². The molecule has 4 aliphatic heterocycles. The number of hydrogen-bond acceptors (Lipinski definition) is 9. The second kappa shape index (κ2) is 34.4. The number of likely N-dealkylation sites (N-methyl/N-ethyl adjacent to an activating group) is 1. The van der Waals surface area contributed by atoms with E-state index in [2.05, 4.69) is 450 Å². The molecule has 0 N–H and O–H groups in total. The Hall–Kier alpha value is -11.8. The molecule has 17 rings (SSSR count). The van der Waals surface area contributed by atoms with Gasteiger partial charge in [-0.25, -0.2) is 5.01 Å². The van der Waals surface area contributed by atoms with Crippen LogP contribution in [0, 0.1) is 41.5 Å². The summed E-state index contributed by atoms with van der Waals surface area (Å²) < 4.78 is 14.7. The maximum absolute atomic E-state index is 6.17. The molecule has 0 amide bonds. The van der Waals surface area contributed by atoms with E-state index < -0.39 is 0 Å². The third kappa shape index (κ3) is 16.7. The average molecular weight is 1450 g/mol. The van der Waals surface area contributed by atoms with Gasteiger partial charge in [0.15, 0.2) is 25.9 Å². The summed E-state index contributed by atoms with van der Waals surface area (Å²) in [7, 11) is 8.31. The number of nitrogens with zero attached hydrogens (tertiary/aromatic N) is 12. The van der Waals surface area contributed by atoms with E-state index in [1.807, 2.05) is 37.5 Å². The van der Waals surface area contributed by atoms with Crippen LogP contribution in [-0.4, -0.2) is 57.9 Å². The number of aryl methyl sites for hydroxylation is 8. The second-order valence-corrected chi connectivity index (χ2v) is 29.5. The van der Waals surface area contributed by atoms with Crippen LogP contribution in [0.5, 0.6) is 0 Å². The molecule has 13 heteroatoms. The van der Waals surface area contributed by atoms with Crippen molar-refractivity contribution >= 4 is 67.0 Å². The summed E-state index contributed by atoms with van der Waals surface area (Å²) in [5.41, 5.74) is 23.8. The maximum Gasteiger partial charge on any atom is 0.203 e. The highest BCUT2D eigenvalue weighted by Crippen LogP contribution is 2.42. The van der Waals surface area contributed by atoms with Crippen molar-refractivity contribution < 1.29 is 13.8 Å². The fourth-order valence-electron chi connectivity index (χ4n) is 14.9. The number of furan rings is 1. The van der Waals surface area contributed by atoms with Gasteiger partial charge >= 0.3 is 0 Å². The maximum atomic E-state index is 6.17. The van der Waals surface area contributed by atoms with Crippen LogP contribution in [-0.2, 0) is 14.1 Å². The first kappa shape index (κ1) is 76.8. The van der Waals surface area contributed by atoms with Crippen molar-refractivity contribution in [3.8, 4) is 11.4 Å². The van der Waals surface area contributed by atoms with E-state index in [-0.39, 0.29) is 6.17 Å². The smallest absolute Gasteiger partial charge is 0.203 e. The van der Waals surface area contributed by atoms with Crippen LogP contribution >= 0.6 is 0 Å². The number of hydrazine groups is 1. The molecule has 0 fully saturated rings. The van der Waals surface area contributed by atoms with Crippen LogP contribution < -0.4 is 38.9 Å². The Kier molecular flexibility index (Phi) is 24.2. The summed E-state index contributed by atoms with van der Waals surface area (Å²) in [4.78, 5) is 13.9. The van der Waals surface area contributed by atoms with Crippen LogP contribution in [0.3, 0.4) is 0 Å². The molecule has 1 unspecified atom stereocenters. The van der Waals surface area contributed by atoms with Gasteiger partial charge in [0, 0.05) is 103 Å². The van der Waals surface area contributed by atoms with Crippen LogP contribution in [0.15, 0.2) is 309 Å². The third-order valence-electron chi connectivity index (χ3n) is 21.4. The van der Waals surface area contributed by atoms with Gasteiger partial charge in [-0.2, -0.15) is 0 Å². The van der Waals surface area contributed by atoms with Gasteiger partial charge in [-0.05, 0) is 192 Å². The van der Waals surface area contributed by atoms with Gasteiger partial charge in [0.1, 0.15) is 41.0 Å². The molecule has 13 aromatic rings. The molecule has 558 valence electrons. The highest BCUT2D eigenvalue weighted by atomic mass is 16.3. The van der Waals surface area contributed by atoms with Crippen molar-refractivity contribution in [2.45, 2.75) is 133 Å². The lowest BCUT2D eigenvalue weighted by molar-refractivity contribution is -0.744. The molecule has 0 radical (unpaired) electrons. The minimum absolute atomic E-state index is 0.262. The van der Waals surface area contributed by atoms with Crippen molar-refractivity contribution in [2.24, 2.45) is 14.1 Å². The zero-order valence-electron chi connectivity index (χ0n) is 67.1. The molecule has 0 saturated heterocycles. The number of hydrogen-bond donors (Lipinski definition) is 0. The quantitative estimate of drug-likeness (QED) is 0.125. The predicted octanol–water partition coefficient (Wildman–Crippen LogP) is 21.9. The zero-order chi connectivity index (χ0) is 77.2. The van der Waals surface area contributed by atoms with Gasteiger partial charge < -0.3 is 33.8 Å². The summed E-state index contributed by atoms with van der Waals surface area (Å²) in [6, 6.07) is 83.1. The highest BCUT2D eigenvalue weighted by Gasteiger charge is 2.31. The Balaban J connectivity index is 0.000000123. The van der Waals surface area contributed by atoms with Gasteiger partial charge in [0.25, 0.3) is 0 Å². The first-order valence-corrected chi connectivity index (χ1v) is 38.4. The summed E-state index contributed by atoms with van der Waals surface area (Å²) in [6.07, 6.45) is 24.4. The molecule has 4 aliphatic rings. The minimum Gasteiger partial charge on any atom is -0.454 e. The Morgan fingerprint density at radius 2 is 0.853 bits per heavy atom. The van der Waals surface area contributed by atoms with Crippen LogP contribution in [0.1, 0.15) is 112 Å². The van der Waals surface area contributed by atoms with Gasteiger partial charge in [-0.15, -0.1) is 18.7 Å². The van der Waals surface area contributed by atoms with Gasteiger partial charge in [-0.3, -0.25) is 5.01 Å². The molecular weight excluding hydrogens is 1340 g/mol. The summed E-state index contributed by atoms with van der Waals surface area (Å²) >= 11 is 0. The summed E-state index contributed by atoms with van der Waals surface area (Å²) in [6.45, 7) is 30.9. The minimum atomic E-state index is 0.262. The van der Waals surface area contributed by atoms with Crippen molar-refractivity contribution in [3.05, 3.63) is 349 Å². The Bertz CT molecular complexity index is 5340. The molecule has 10 aromatic carbocycles. The monoisotopic (exact) mass is 1450 g/mol. The molecular formula is C96H110N12O+2. The van der Waals surface area contributed by atoms with E-state index in [1.165, 1.54) is 106 Å². The Morgan fingerprint density at radius 1 is 0.376 bits per heavy atom. The normalized spacial score (nSPS) is 16.4. The molecule has 7 heterocycles. The van der Waals surface area contributed by atoms with Crippen molar-refractivity contribution in [3.63, 3.8) is 0 Å². The standard InChI is InChI=1S/C23H30N2.C18H18N2O.C17H18N2.C15H15N2.C12H16N2.C11H13N2/c1-16(2)20-11-9-12-21(17(3)4)23(20)25-15-14-24(19(25)6)22-13-8-7-10-18(22)5;1-12-8-9-15-14-6-4-5-7-16(14)21-18(15)17(12)20-11-10-19(3)13(20)2;1-14-8-6-7-11-17(14)19-13-12-18(15(19)2)16-9-4-3-5-10-16;1-12-7-3-5-9-14(12)17-15-10-6-4-8-13(15)11-16(17)2;1-10-6-4-5-7-12(10)14-9-8-11(2)13(14)3;1-10-6-3-4-7-11(10)13-9-5-8-12(13)2/h7-17,19H,1-6H3;4-11,13H,1-3H3;3-13,15H,1-2H3;3-11H,1-2H3;4-9,11H,1-3H3;3-9H,1-2H3/q;;;+1;;+1/t19-;13-;15-;;;/m100.../s1. The van der Waals surface area contributed by atoms with Crippen molar-refractivity contribution in [1.29, 1.82) is 0 Å². The fraction of sp³-hybridized carbons (Fsp3) is 0.250. The SMILES string of the molecule is Cc1ccc2c(oc3ccccc32)c1N1C=CN(C)[C@@H]1C.Cc1ccccc1-n1c2ccccc2c[n+]1C.Cc1ccccc1-n1ccc[n+]1C.Cc1ccccc1N1C=CC(C)N1C.Cc1ccccc1N1C=CN(c2c(C(C)C)cccc2C(C)C)[C@@H]1C.Cc1ccccc1N1C=CN(c2ccccc2)[C@@H]1C. The number of fused-ring (bicyclic) bond motifs is 4. The molecule has 109 heavy (non-hydrogen) atoms. The lowest BCUT2D eigenvalue weighted by Crippen LogP contribution is -2.37. The summed E-state index contributed by atoms with van der Waals surface area (Å²) in [5, 5.41) is 8.04. The van der Waals surface area contributed by atoms with E-state index >= 15 is 0 Å². The Morgan fingerprint density at radius 3 is 1.39 bits per heavy atom. The van der Waals surface area contributed by atoms with Crippen LogP contribution in [0.25, 0.3) is 44.2 Å². The van der Waals surface area contributed by atoms with E-state index in [0.29, 0.717) is 30.2 Å². The number of anilines is 6. The van der Waals surface area contributed by atoms with E-state index in [0.717, 1.165) is 16.9 Å². The number of benzene rings is 10. The molecule has 0 spiro atoms. The summed E-state index contributed by atoms with van der Waals surface area (Å²) in [5.74, 6) is 1.00. The third-order valence-corrected chi connectivity index (χ3v) is 21.4. The number of para-hydroxylation sites is 9. The second-order valence-electron chi connectivity index (χ2n) is 29.5.